The van der Waals surface area contributed by atoms with E-state index in [2.05, 4.69) is 5.32 Å². The monoisotopic (exact) mass is 239 g/mol. The largest absolute Gasteiger partial charge is 0.317 e. The van der Waals surface area contributed by atoms with Gasteiger partial charge in [0, 0.05) is 6.92 Å². The lowest BCUT2D eigenvalue weighted by molar-refractivity contribution is -0.118. The van der Waals surface area contributed by atoms with Crippen molar-refractivity contribution in [2.24, 2.45) is 23.7 Å². The Bertz CT molecular complexity index is 331. The molecule has 0 heterocycles. The summed E-state index contributed by atoms with van der Waals surface area (Å²) in [6, 6.07) is 0. The van der Waals surface area contributed by atoms with E-state index in [9.17, 15) is 4.79 Å². The van der Waals surface area contributed by atoms with Crippen LogP contribution in [0.1, 0.15) is 39.0 Å². The molecule has 0 saturated heterocycles. The molecule has 0 spiro atoms. The Morgan fingerprint density at radius 3 is 2.06 bits per heavy atom. The summed E-state index contributed by atoms with van der Waals surface area (Å²) in [4.78, 5) is 11.1. The quantitative estimate of drug-likeness (QED) is 0.701. The Kier molecular flexibility index (Phi) is 2.50. The Morgan fingerprint density at radius 2 is 1.62 bits per heavy atom. The van der Waals surface area contributed by atoms with Gasteiger partial charge in [0.05, 0.1) is 0 Å². The van der Waals surface area contributed by atoms with Crippen LogP contribution in [-0.2, 0) is 4.79 Å². The van der Waals surface area contributed by atoms with E-state index in [1.807, 2.05) is 0 Å². The van der Waals surface area contributed by atoms with Gasteiger partial charge in [0.2, 0.25) is 5.91 Å². The topological polar surface area (TPSA) is 29.1 Å². The fourth-order valence-electron chi connectivity index (χ4n) is 4.28. The van der Waals surface area contributed by atoms with Gasteiger partial charge < -0.3 is 5.32 Å². The van der Waals surface area contributed by atoms with Gasteiger partial charge in [-0.15, -0.1) is 0 Å². The molecule has 0 aromatic carbocycles. The number of allylic oxidation sites excluding steroid dienone is 1. The zero-order valence-electron chi connectivity index (χ0n) is 9.63. The fraction of sp³-hybridized carbons (Fsp3) is 0.769. The molecule has 4 fully saturated rings. The lowest BCUT2D eigenvalue weighted by Gasteiger charge is -2.51. The van der Waals surface area contributed by atoms with Crippen LogP contribution in [0.4, 0.5) is 0 Å². The van der Waals surface area contributed by atoms with Crippen LogP contribution in [0.25, 0.3) is 0 Å². The predicted molar refractivity (Wildman–Crippen MR) is 63.7 cm³/mol. The normalized spacial score (nSPS) is 40.0. The van der Waals surface area contributed by atoms with Crippen LogP contribution < -0.4 is 5.32 Å². The third kappa shape index (κ3) is 1.67. The molecule has 4 rings (SSSR count). The number of nitrogens with one attached hydrogen (secondary N) is 1. The average molecular weight is 240 g/mol. The molecule has 0 unspecified atom stereocenters. The van der Waals surface area contributed by atoms with Crippen LogP contribution in [0.5, 0.6) is 0 Å². The minimum absolute atomic E-state index is 0.0497. The van der Waals surface area contributed by atoms with Crippen LogP contribution in [0, 0.1) is 23.7 Å². The minimum Gasteiger partial charge on any atom is -0.317 e. The van der Waals surface area contributed by atoms with Gasteiger partial charge in [-0.2, -0.15) is 0 Å². The molecule has 16 heavy (non-hydrogen) atoms. The molecule has 4 aliphatic rings. The molecule has 0 aliphatic heterocycles. The molecule has 0 aromatic rings. The summed E-state index contributed by atoms with van der Waals surface area (Å²) in [6.07, 6.45) is 6.66. The fourth-order valence-corrected chi connectivity index (χ4v) is 4.72. The Hall–Kier alpha value is -0.500. The molecule has 1 amide bonds. The van der Waals surface area contributed by atoms with Gasteiger partial charge in [-0.1, -0.05) is 11.6 Å². The highest BCUT2D eigenvalue weighted by atomic mass is 35.5. The Morgan fingerprint density at radius 1 is 1.12 bits per heavy atom. The van der Waals surface area contributed by atoms with Crippen LogP contribution in [0.2, 0.25) is 0 Å². The van der Waals surface area contributed by atoms with E-state index in [-0.39, 0.29) is 5.91 Å². The van der Waals surface area contributed by atoms with Crippen molar-refractivity contribution in [1.82, 2.24) is 5.32 Å². The zero-order valence-corrected chi connectivity index (χ0v) is 10.4. The molecule has 2 nitrogen and oxygen atoms in total. The molecular formula is C13H18ClNO. The van der Waals surface area contributed by atoms with E-state index in [0.717, 1.165) is 11.8 Å². The number of halogens is 1. The first-order valence-electron chi connectivity index (χ1n) is 6.30. The summed E-state index contributed by atoms with van der Waals surface area (Å²) < 4.78 is 0. The Labute approximate surface area is 101 Å². The van der Waals surface area contributed by atoms with Crippen LogP contribution in [-0.4, -0.2) is 5.91 Å². The highest BCUT2D eigenvalue weighted by Crippen LogP contribution is 2.57. The molecule has 4 aliphatic carbocycles. The molecule has 4 bridgehead atoms. The van der Waals surface area contributed by atoms with Crippen molar-refractivity contribution in [2.45, 2.75) is 39.0 Å². The second kappa shape index (κ2) is 3.76. The summed E-state index contributed by atoms with van der Waals surface area (Å²) in [6.45, 7) is 1.53. The molecule has 1 N–H and O–H groups in total. The molecule has 3 heteroatoms. The molecule has 0 aromatic heterocycles. The van der Waals surface area contributed by atoms with Crippen molar-refractivity contribution < 1.29 is 4.79 Å². The lowest BCUT2D eigenvalue weighted by Crippen LogP contribution is -2.41. The number of carbonyl (C=O) groups excluding carboxylic acids is 1. The first kappa shape index (κ1) is 10.6. The van der Waals surface area contributed by atoms with Gasteiger partial charge in [-0.05, 0) is 61.3 Å². The van der Waals surface area contributed by atoms with E-state index < -0.39 is 0 Å². The lowest BCUT2D eigenvalue weighted by atomic mass is 9.54. The van der Waals surface area contributed by atoms with E-state index in [1.165, 1.54) is 44.6 Å². The SMILES string of the molecule is CC(=O)NC(Cl)=C1C2CC3CC(C2)CC1C3. The third-order valence-corrected chi connectivity index (χ3v) is 4.87. The molecule has 4 saturated carbocycles. The summed E-state index contributed by atoms with van der Waals surface area (Å²) in [5.74, 6) is 3.15. The van der Waals surface area contributed by atoms with E-state index in [0.29, 0.717) is 17.0 Å². The van der Waals surface area contributed by atoms with E-state index in [4.69, 9.17) is 11.6 Å². The van der Waals surface area contributed by atoms with Gasteiger partial charge in [-0.25, -0.2) is 0 Å². The Balaban J connectivity index is 1.88. The van der Waals surface area contributed by atoms with Crippen LogP contribution in [0.15, 0.2) is 10.7 Å². The first-order valence-corrected chi connectivity index (χ1v) is 6.68. The summed E-state index contributed by atoms with van der Waals surface area (Å²) in [5.41, 5.74) is 1.36. The zero-order chi connectivity index (χ0) is 11.3. The molecular weight excluding hydrogens is 222 g/mol. The number of hydrogen-bond donors (Lipinski definition) is 1. The summed E-state index contributed by atoms with van der Waals surface area (Å²) in [5, 5.41) is 3.42. The van der Waals surface area contributed by atoms with Gasteiger partial charge in [0.1, 0.15) is 5.16 Å². The number of hydrogen-bond acceptors (Lipinski definition) is 1. The second-order valence-electron chi connectivity index (χ2n) is 5.75. The number of rotatable bonds is 1. The molecule has 0 atom stereocenters. The van der Waals surface area contributed by atoms with Gasteiger partial charge in [-0.3, -0.25) is 4.79 Å². The number of amides is 1. The van der Waals surface area contributed by atoms with Crippen molar-refractivity contribution in [3.05, 3.63) is 10.7 Å². The third-order valence-electron chi connectivity index (χ3n) is 4.56. The predicted octanol–water partition coefficient (Wildman–Crippen LogP) is 3.03. The number of carbonyl (C=O) groups is 1. The highest BCUT2D eigenvalue weighted by Gasteiger charge is 2.46. The molecule has 0 radical (unpaired) electrons. The highest BCUT2D eigenvalue weighted by molar-refractivity contribution is 6.30. The maximum atomic E-state index is 11.1. The van der Waals surface area contributed by atoms with Crippen molar-refractivity contribution in [1.29, 1.82) is 0 Å². The second-order valence-corrected chi connectivity index (χ2v) is 6.13. The maximum absolute atomic E-state index is 11.1. The average Bonchev–Trinajstić information content (AvgIpc) is 2.13. The van der Waals surface area contributed by atoms with Crippen molar-refractivity contribution >= 4 is 17.5 Å². The van der Waals surface area contributed by atoms with Gasteiger partial charge in [0.25, 0.3) is 0 Å². The first-order chi connectivity index (χ1) is 7.63. The van der Waals surface area contributed by atoms with Crippen LogP contribution >= 0.6 is 11.6 Å². The summed E-state index contributed by atoms with van der Waals surface area (Å²) >= 11 is 6.27. The van der Waals surface area contributed by atoms with E-state index in [1.54, 1.807) is 0 Å². The van der Waals surface area contributed by atoms with Gasteiger partial charge in [0.15, 0.2) is 0 Å². The molecule has 88 valence electrons. The summed E-state index contributed by atoms with van der Waals surface area (Å²) in [7, 11) is 0. The standard InChI is InChI=1S/C13H18ClNO/c1-7(16)15-13(14)12-10-3-8-2-9(5-10)6-11(12)4-8/h8-11H,2-6H2,1H3,(H,15,16). The van der Waals surface area contributed by atoms with Gasteiger partial charge >= 0.3 is 0 Å². The minimum atomic E-state index is -0.0497. The van der Waals surface area contributed by atoms with Crippen molar-refractivity contribution in [3.63, 3.8) is 0 Å². The van der Waals surface area contributed by atoms with Crippen molar-refractivity contribution in [3.8, 4) is 0 Å². The van der Waals surface area contributed by atoms with Crippen LogP contribution in [0.3, 0.4) is 0 Å². The smallest absolute Gasteiger partial charge is 0.221 e. The van der Waals surface area contributed by atoms with Crippen molar-refractivity contribution in [2.75, 3.05) is 0 Å². The maximum Gasteiger partial charge on any atom is 0.221 e. The van der Waals surface area contributed by atoms with E-state index >= 15 is 0 Å².